The van der Waals surface area contributed by atoms with E-state index in [9.17, 15) is 8.42 Å². The molecule has 3 aromatic rings. The molecule has 0 bridgehead atoms. The van der Waals surface area contributed by atoms with Gasteiger partial charge in [0.15, 0.2) is 0 Å². The van der Waals surface area contributed by atoms with Crippen molar-refractivity contribution in [3.05, 3.63) is 48.0 Å². The lowest BCUT2D eigenvalue weighted by Crippen LogP contribution is -2.16. The Morgan fingerprint density at radius 1 is 1.18 bits per heavy atom. The number of rotatable bonds is 4. The lowest BCUT2D eigenvalue weighted by atomic mass is 10.2. The first-order valence-corrected chi connectivity index (χ1v) is 8.27. The van der Waals surface area contributed by atoms with Crippen LogP contribution in [0.2, 0.25) is 0 Å². The normalized spacial score (nSPS) is 11.7. The van der Waals surface area contributed by atoms with Crippen molar-refractivity contribution in [2.75, 3.05) is 6.61 Å². The molecule has 0 saturated carbocycles. The molecule has 0 aliphatic rings. The molecular weight excluding hydrogens is 302 g/mol. The zero-order valence-electron chi connectivity index (χ0n) is 12.2. The molecule has 0 aliphatic carbocycles. The topological polar surface area (TPSA) is 74.1 Å². The molecule has 0 radical (unpaired) electrons. The number of fused-ring (bicyclic) bond motifs is 1. The lowest BCUT2D eigenvalue weighted by Gasteiger charge is -2.11. The monoisotopic (exact) mass is 317 g/mol. The third-order valence-corrected chi connectivity index (χ3v) is 4.84. The van der Waals surface area contributed by atoms with E-state index in [1.807, 2.05) is 13.8 Å². The Morgan fingerprint density at radius 3 is 2.73 bits per heavy atom. The maximum atomic E-state index is 12.9. The second-order valence-corrected chi connectivity index (χ2v) is 6.55. The van der Waals surface area contributed by atoms with E-state index in [1.165, 1.54) is 6.07 Å². The van der Waals surface area contributed by atoms with Crippen molar-refractivity contribution in [1.82, 2.24) is 14.4 Å². The number of nitrogens with zero attached hydrogens (tertiary/aromatic N) is 3. The molecule has 7 heteroatoms. The van der Waals surface area contributed by atoms with Gasteiger partial charge in [-0.05, 0) is 43.7 Å². The summed E-state index contributed by atoms with van der Waals surface area (Å²) in [6.45, 7) is 4.07. The van der Waals surface area contributed by atoms with Crippen LogP contribution in [0.5, 0.6) is 5.75 Å². The smallest absolute Gasteiger partial charge is 0.288 e. The van der Waals surface area contributed by atoms with Crippen molar-refractivity contribution in [2.24, 2.45) is 0 Å². The predicted octanol–water partition coefficient (Wildman–Crippen LogP) is 2.38. The molecule has 6 nitrogen and oxygen atoms in total. The molecule has 0 atom stereocenters. The summed E-state index contributed by atoms with van der Waals surface area (Å²) in [7, 11) is -3.87. The van der Waals surface area contributed by atoms with Crippen molar-refractivity contribution >= 4 is 21.1 Å². The fourth-order valence-electron chi connectivity index (χ4n) is 2.21. The van der Waals surface area contributed by atoms with Crippen molar-refractivity contribution in [3.8, 4) is 5.75 Å². The molecule has 0 saturated heterocycles. The molecule has 114 valence electrons. The van der Waals surface area contributed by atoms with Gasteiger partial charge in [-0.25, -0.2) is 0 Å². The minimum atomic E-state index is -3.87. The Hall–Kier alpha value is -2.41. The predicted molar refractivity (Wildman–Crippen MR) is 82.5 cm³/mol. The van der Waals surface area contributed by atoms with E-state index in [4.69, 9.17) is 4.74 Å². The first-order chi connectivity index (χ1) is 10.5. The molecule has 0 N–H and O–H groups in total. The first-order valence-electron chi connectivity index (χ1n) is 6.83. The van der Waals surface area contributed by atoms with Gasteiger partial charge >= 0.3 is 0 Å². The zero-order valence-corrected chi connectivity index (χ0v) is 13.0. The van der Waals surface area contributed by atoms with Crippen LogP contribution in [0.3, 0.4) is 0 Å². The highest BCUT2D eigenvalue weighted by Gasteiger charge is 2.25. The number of hydrogen-bond acceptors (Lipinski definition) is 5. The highest BCUT2D eigenvalue weighted by Crippen LogP contribution is 2.28. The summed E-state index contributed by atoms with van der Waals surface area (Å²) in [6, 6.07) is 11.9. The lowest BCUT2D eigenvalue weighted by molar-refractivity contribution is 0.330. The number of aryl methyl sites for hydroxylation is 1. The largest absolute Gasteiger partial charge is 0.492 e. The molecule has 0 unspecified atom stereocenters. The third-order valence-electron chi connectivity index (χ3n) is 3.23. The van der Waals surface area contributed by atoms with Gasteiger partial charge in [0.1, 0.15) is 21.7 Å². The van der Waals surface area contributed by atoms with Crippen LogP contribution in [0.4, 0.5) is 0 Å². The van der Waals surface area contributed by atoms with Gasteiger partial charge in [0, 0.05) is 0 Å². The molecule has 22 heavy (non-hydrogen) atoms. The molecule has 1 aromatic heterocycles. The van der Waals surface area contributed by atoms with Gasteiger partial charge < -0.3 is 4.74 Å². The number of para-hydroxylation sites is 1. The van der Waals surface area contributed by atoms with Gasteiger partial charge in [-0.3, -0.25) is 0 Å². The van der Waals surface area contributed by atoms with Gasteiger partial charge in [0.2, 0.25) is 0 Å². The van der Waals surface area contributed by atoms with Gasteiger partial charge in [-0.1, -0.05) is 23.4 Å². The SMILES string of the molecule is CCOc1cc(C)ccc1S(=O)(=O)n1nnc2ccccc21. The van der Waals surface area contributed by atoms with Crippen LogP contribution in [0.15, 0.2) is 47.4 Å². The van der Waals surface area contributed by atoms with Crippen LogP contribution < -0.4 is 4.74 Å². The summed E-state index contributed by atoms with van der Waals surface area (Å²) in [6.07, 6.45) is 0. The molecule has 0 fully saturated rings. The summed E-state index contributed by atoms with van der Waals surface area (Å²) >= 11 is 0. The maximum Gasteiger partial charge on any atom is 0.288 e. The molecule has 2 aromatic carbocycles. The van der Waals surface area contributed by atoms with Crippen molar-refractivity contribution in [1.29, 1.82) is 0 Å². The minimum Gasteiger partial charge on any atom is -0.492 e. The molecule has 3 rings (SSSR count). The van der Waals surface area contributed by atoms with Crippen molar-refractivity contribution in [3.63, 3.8) is 0 Å². The van der Waals surface area contributed by atoms with Crippen LogP contribution in [0.1, 0.15) is 12.5 Å². The van der Waals surface area contributed by atoms with Crippen LogP contribution in [0, 0.1) is 6.92 Å². The second kappa shape index (κ2) is 5.42. The Balaban J connectivity index is 2.22. The van der Waals surface area contributed by atoms with Crippen LogP contribution >= 0.6 is 0 Å². The van der Waals surface area contributed by atoms with Gasteiger partial charge in [0.25, 0.3) is 10.0 Å². The Kier molecular flexibility index (Phi) is 3.58. The number of ether oxygens (including phenoxy) is 1. The number of benzene rings is 2. The standard InChI is InChI=1S/C15H15N3O3S/c1-3-21-14-10-11(2)8-9-15(14)22(19,20)18-13-7-5-4-6-12(13)16-17-18/h4-10H,3H2,1-2H3. The van der Waals surface area contributed by atoms with Crippen LogP contribution in [-0.2, 0) is 10.0 Å². The highest BCUT2D eigenvalue weighted by atomic mass is 32.2. The van der Waals surface area contributed by atoms with E-state index in [0.717, 1.165) is 9.65 Å². The van der Waals surface area contributed by atoms with Crippen LogP contribution in [0.25, 0.3) is 11.0 Å². The van der Waals surface area contributed by atoms with E-state index in [0.29, 0.717) is 23.4 Å². The molecular formula is C15H15N3O3S. The van der Waals surface area contributed by atoms with E-state index < -0.39 is 10.0 Å². The number of aromatic nitrogens is 3. The average Bonchev–Trinajstić information content (AvgIpc) is 2.92. The maximum absolute atomic E-state index is 12.9. The first kappa shape index (κ1) is 14.5. The van der Waals surface area contributed by atoms with Crippen molar-refractivity contribution in [2.45, 2.75) is 18.7 Å². The van der Waals surface area contributed by atoms with Crippen LogP contribution in [-0.4, -0.2) is 29.4 Å². The summed E-state index contributed by atoms with van der Waals surface area (Å²) in [4.78, 5) is 0.0793. The quantitative estimate of drug-likeness (QED) is 0.738. The fourth-order valence-corrected chi connectivity index (χ4v) is 3.56. The Morgan fingerprint density at radius 2 is 1.95 bits per heavy atom. The van der Waals surface area contributed by atoms with Crippen molar-refractivity contribution < 1.29 is 13.2 Å². The number of hydrogen-bond donors (Lipinski definition) is 0. The van der Waals surface area contributed by atoms with E-state index >= 15 is 0 Å². The Bertz CT molecular complexity index is 932. The summed E-state index contributed by atoms with van der Waals surface area (Å²) in [5, 5.41) is 7.69. The van der Waals surface area contributed by atoms with Gasteiger partial charge in [-0.2, -0.15) is 8.42 Å². The van der Waals surface area contributed by atoms with E-state index in [2.05, 4.69) is 10.3 Å². The van der Waals surface area contributed by atoms with E-state index in [-0.39, 0.29) is 4.90 Å². The zero-order chi connectivity index (χ0) is 15.7. The minimum absolute atomic E-state index is 0.0793. The molecule has 0 amide bonds. The third kappa shape index (κ3) is 2.33. The summed E-state index contributed by atoms with van der Waals surface area (Å²) in [5.74, 6) is 0.321. The van der Waals surface area contributed by atoms with Gasteiger partial charge in [0.05, 0.1) is 6.61 Å². The molecule has 1 heterocycles. The molecule has 0 aliphatic heterocycles. The second-order valence-electron chi connectivity index (χ2n) is 4.81. The van der Waals surface area contributed by atoms with E-state index in [1.54, 1.807) is 36.4 Å². The van der Waals surface area contributed by atoms with Gasteiger partial charge in [-0.15, -0.1) is 9.19 Å². The molecule has 0 spiro atoms. The summed E-state index contributed by atoms with van der Waals surface area (Å²) < 4.78 is 32.2. The highest BCUT2D eigenvalue weighted by molar-refractivity contribution is 7.90. The fraction of sp³-hybridized carbons (Fsp3) is 0.200. The average molecular weight is 317 g/mol. The summed E-state index contributed by atoms with van der Waals surface area (Å²) in [5.41, 5.74) is 1.88. The Labute approximate surface area is 128 Å².